The molecule has 1 aliphatic rings. The fourth-order valence-electron chi connectivity index (χ4n) is 5.33. The molecule has 0 aromatic heterocycles. The van der Waals surface area contributed by atoms with Gasteiger partial charge in [0, 0.05) is 6.42 Å². The van der Waals surface area contributed by atoms with Crippen molar-refractivity contribution in [2.24, 2.45) is 0 Å². The van der Waals surface area contributed by atoms with Gasteiger partial charge in [0.15, 0.2) is 0 Å². The summed E-state index contributed by atoms with van der Waals surface area (Å²) < 4.78 is 80.4. The van der Waals surface area contributed by atoms with Crippen molar-refractivity contribution in [3.8, 4) is 5.75 Å². The van der Waals surface area contributed by atoms with Crippen LogP contribution in [-0.2, 0) is 17.6 Å². The summed E-state index contributed by atoms with van der Waals surface area (Å²) in [4.78, 5) is 0. The molecule has 3 aromatic rings. The van der Waals surface area contributed by atoms with Crippen LogP contribution in [0.1, 0.15) is 73.6 Å². The highest BCUT2D eigenvalue weighted by Gasteiger charge is 2.56. The maximum atomic E-state index is 12.9. The molecule has 0 bridgehead atoms. The number of alkyl halides is 5. The maximum Gasteiger partial charge on any atom is 0.453 e. The average Bonchev–Trinajstić information content (AvgIpc) is 2.97. The average molecular weight is 605 g/mol. The molecule has 1 unspecified atom stereocenters. The van der Waals surface area contributed by atoms with Crippen LogP contribution in [0.25, 0.3) is 11.1 Å². The predicted octanol–water partition coefficient (Wildman–Crippen LogP) is 9.65. The monoisotopic (exact) mass is 604 g/mol. The van der Waals surface area contributed by atoms with E-state index in [1.54, 1.807) is 0 Å². The lowest BCUT2D eigenvalue weighted by Crippen LogP contribution is -2.36. The summed E-state index contributed by atoms with van der Waals surface area (Å²) in [7, 11) is 0. The molecule has 0 N–H and O–H groups in total. The molecule has 0 saturated heterocycles. The Balaban J connectivity index is 1.23. The number of hydrogen-bond donors (Lipinski definition) is 0. The zero-order chi connectivity index (χ0) is 30.0. The van der Waals surface area contributed by atoms with Crippen LogP contribution in [0.4, 0.5) is 22.0 Å². The van der Waals surface area contributed by atoms with Crippen LogP contribution in [0.5, 0.6) is 5.75 Å². The second-order valence-corrected chi connectivity index (χ2v) is 12.4. The zero-order valence-electron chi connectivity index (χ0n) is 23.6. The number of allylic oxidation sites excluding steroid dienone is 1. The molecule has 226 valence electrons. The number of ether oxygens (including phenoxy) is 1. The van der Waals surface area contributed by atoms with E-state index < -0.39 is 36.1 Å². The Hall–Kier alpha value is -2.84. The second-order valence-electron chi connectivity index (χ2n) is 10.7. The Morgan fingerprint density at radius 1 is 0.714 bits per heavy atom. The quantitative estimate of drug-likeness (QED) is 0.104. The lowest BCUT2D eigenvalue weighted by Gasteiger charge is -2.23. The highest BCUT2D eigenvalue weighted by atomic mass is 32.2. The minimum Gasteiger partial charge on any atom is -0.616 e. The third-order valence-electron chi connectivity index (χ3n) is 7.54. The highest BCUT2D eigenvalue weighted by molar-refractivity contribution is 7.91. The molecule has 8 heteroatoms. The van der Waals surface area contributed by atoms with Gasteiger partial charge in [-0.05, 0) is 96.9 Å². The Bertz CT molecular complexity index is 1290. The lowest BCUT2D eigenvalue weighted by atomic mass is 9.81. The van der Waals surface area contributed by atoms with E-state index in [9.17, 15) is 26.5 Å². The standard InChI is InChI=1S/C34H37F5O2S/c35-33(36,34(37,38)39)22-11-25-42(40)24-9-2-1-8-23-41-29-20-18-28(19-21-29)32(27-13-4-3-5-14-27)31-17-10-15-26-12-6-7-16-30(26)31/h3-7,12-14,16,18-21H,1-2,8-11,15,17,22-25H2. The van der Waals surface area contributed by atoms with E-state index in [2.05, 4.69) is 60.7 Å². The van der Waals surface area contributed by atoms with Crippen molar-refractivity contribution in [2.75, 3.05) is 18.1 Å². The molecule has 1 atom stereocenters. The number of unbranched alkanes of at least 4 members (excludes halogenated alkanes) is 3. The Morgan fingerprint density at radius 2 is 1.36 bits per heavy atom. The first-order valence-electron chi connectivity index (χ1n) is 14.6. The predicted molar refractivity (Wildman–Crippen MR) is 160 cm³/mol. The molecular weight excluding hydrogens is 567 g/mol. The largest absolute Gasteiger partial charge is 0.616 e. The molecule has 0 heterocycles. The fourth-order valence-corrected chi connectivity index (χ4v) is 6.52. The zero-order valence-corrected chi connectivity index (χ0v) is 24.4. The molecule has 0 fully saturated rings. The SMILES string of the molecule is [O-][S+](CCCCCCOc1ccc(C(=C2CCCc3ccccc32)c2ccccc2)cc1)CCCC(F)(F)C(F)(F)F. The van der Waals surface area contributed by atoms with Crippen molar-refractivity contribution in [3.05, 3.63) is 101 Å². The van der Waals surface area contributed by atoms with Gasteiger partial charge in [0.2, 0.25) is 0 Å². The Morgan fingerprint density at radius 3 is 2.10 bits per heavy atom. The molecule has 2 nitrogen and oxygen atoms in total. The van der Waals surface area contributed by atoms with Crippen molar-refractivity contribution in [3.63, 3.8) is 0 Å². The molecule has 3 aromatic carbocycles. The summed E-state index contributed by atoms with van der Waals surface area (Å²) in [6, 6.07) is 27.4. The number of aryl methyl sites for hydroxylation is 1. The number of rotatable bonds is 14. The van der Waals surface area contributed by atoms with Crippen molar-refractivity contribution in [1.82, 2.24) is 0 Å². The summed E-state index contributed by atoms with van der Waals surface area (Å²) >= 11 is -1.39. The topological polar surface area (TPSA) is 32.3 Å². The second kappa shape index (κ2) is 15.1. The lowest BCUT2D eigenvalue weighted by molar-refractivity contribution is -0.284. The van der Waals surface area contributed by atoms with Gasteiger partial charge in [0.25, 0.3) is 0 Å². The molecule has 42 heavy (non-hydrogen) atoms. The van der Waals surface area contributed by atoms with E-state index >= 15 is 0 Å². The maximum absolute atomic E-state index is 12.9. The molecule has 0 saturated carbocycles. The van der Waals surface area contributed by atoms with Crippen molar-refractivity contribution in [1.29, 1.82) is 0 Å². The van der Waals surface area contributed by atoms with Crippen LogP contribution < -0.4 is 4.74 Å². The van der Waals surface area contributed by atoms with Gasteiger partial charge in [-0.1, -0.05) is 77.9 Å². The van der Waals surface area contributed by atoms with E-state index in [-0.39, 0.29) is 5.75 Å². The summed E-state index contributed by atoms with van der Waals surface area (Å²) in [5.41, 5.74) is 7.69. The highest BCUT2D eigenvalue weighted by Crippen LogP contribution is 2.40. The molecular formula is C34H37F5O2S. The third kappa shape index (κ3) is 8.83. The van der Waals surface area contributed by atoms with E-state index in [1.807, 2.05) is 18.2 Å². The molecule has 0 radical (unpaired) electrons. The summed E-state index contributed by atoms with van der Waals surface area (Å²) in [6.07, 6.45) is -0.945. The number of halogens is 5. The summed E-state index contributed by atoms with van der Waals surface area (Å²) in [6.45, 7) is 0.537. The van der Waals surface area contributed by atoms with Crippen molar-refractivity contribution >= 4 is 22.3 Å². The van der Waals surface area contributed by atoms with Gasteiger partial charge in [-0.25, -0.2) is 0 Å². The van der Waals surface area contributed by atoms with Crippen LogP contribution in [0.2, 0.25) is 0 Å². The molecule has 0 spiro atoms. The number of fused-ring (bicyclic) bond motifs is 1. The van der Waals surface area contributed by atoms with Crippen molar-refractivity contribution < 1.29 is 31.2 Å². The van der Waals surface area contributed by atoms with Gasteiger partial charge < -0.3 is 9.29 Å². The third-order valence-corrected chi connectivity index (χ3v) is 9.02. The van der Waals surface area contributed by atoms with Crippen LogP contribution in [0.3, 0.4) is 0 Å². The first-order valence-corrected chi connectivity index (χ1v) is 16.0. The van der Waals surface area contributed by atoms with Crippen LogP contribution in [0.15, 0.2) is 78.9 Å². The summed E-state index contributed by atoms with van der Waals surface area (Å²) in [5.74, 6) is -3.76. The molecule has 0 amide bonds. The van der Waals surface area contributed by atoms with Crippen molar-refractivity contribution in [2.45, 2.75) is 69.9 Å². The van der Waals surface area contributed by atoms with Crippen LogP contribution >= 0.6 is 0 Å². The van der Waals surface area contributed by atoms with Gasteiger partial charge in [0.1, 0.15) is 17.3 Å². The van der Waals surface area contributed by atoms with Gasteiger partial charge in [-0.2, -0.15) is 22.0 Å². The van der Waals surface area contributed by atoms with Gasteiger partial charge in [0.05, 0.1) is 6.61 Å². The van der Waals surface area contributed by atoms with E-state index in [1.165, 1.54) is 27.8 Å². The van der Waals surface area contributed by atoms with Gasteiger partial charge in [-0.3, -0.25) is 0 Å². The Labute approximate surface area is 248 Å². The molecule has 0 aliphatic heterocycles. The number of hydrogen-bond acceptors (Lipinski definition) is 2. The minimum absolute atomic E-state index is 0.139. The van der Waals surface area contributed by atoms with E-state index in [0.29, 0.717) is 18.8 Å². The number of benzene rings is 3. The Kier molecular flexibility index (Phi) is 11.5. The first-order chi connectivity index (χ1) is 20.2. The normalized spacial score (nSPS) is 15.7. The van der Waals surface area contributed by atoms with Crippen LogP contribution in [0, 0.1) is 0 Å². The molecule has 4 rings (SSSR count). The summed E-state index contributed by atoms with van der Waals surface area (Å²) in [5, 5.41) is 0. The van der Waals surface area contributed by atoms with Gasteiger partial charge in [-0.15, -0.1) is 0 Å². The first kappa shape index (κ1) is 32.1. The molecule has 1 aliphatic carbocycles. The van der Waals surface area contributed by atoms with E-state index in [0.717, 1.165) is 49.8 Å². The van der Waals surface area contributed by atoms with Gasteiger partial charge >= 0.3 is 12.1 Å². The smallest absolute Gasteiger partial charge is 0.453 e. The van der Waals surface area contributed by atoms with Crippen LogP contribution in [-0.4, -0.2) is 34.8 Å². The van der Waals surface area contributed by atoms with E-state index in [4.69, 9.17) is 4.74 Å². The fraction of sp³-hybridized carbons (Fsp3) is 0.412. The minimum atomic E-state index is -5.55.